The van der Waals surface area contributed by atoms with Crippen LogP contribution in [0.4, 0.5) is 0 Å². The molecular formula is C26H30ClN3O. The molecule has 0 spiro atoms. The maximum absolute atomic E-state index is 13.4. The Bertz CT molecular complexity index is 1030. The van der Waals surface area contributed by atoms with Gasteiger partial charge in [-0.25, -0.2) is 10.9 Å². The van der Waals surface area contributed by atoms with E-state index in [0.717, 1.165) is 29.7 Å². The van der Waals surface area contributed by atoms with Crippen LogP contribution in [-0.2, 0) is 11.2 Å². The lowest BCUT2D eigenvalue weighted by molar-refractivity contribution is -0.118. The molecule has 162 valence electrons. The van der Waals surface area contributed by atoms with Gasteiger partial charge < -0.3 is 5.32 Å². The average molecular weight is 436 g/mol. The summed E-state index contributed by atoms with van der Waals surface area (Å²) in [5, 5.41) is 4.41. The van der Waals surface area contributed by atoms with Gasteiger partial charge in [-0.3, -0.25) is 4.79 Å². The standard InChI is InChI=1S/C26H30ClN3O/c1-4-15-5-7-17(8-6-15)24-23-21(16-9-11-18(27)12-10-16)22-19(28-25(23)30-29-24)13-26(2,3)14-20(22)31/h5-12,21,23-25,28-30H,4,13-14H2,1-3H3. The van der Waals surface area contributed by atoms with Crippen molar-refractivity contribution in [1.82, 2.24) is 16.2 Å². The third kappa shape index (κ3) is 3.71. The third-order valence-electron chi connectivity index (χ3n) is 7.09. The summed E-state index contributed by atoms with van der Waals surface area (Å²) in [7, 11) is 0. The largest absolute Gasteiger partial charge is 0.371 e. The van der Waals surface area contributed by atoms with Crippen molar-refractivity contribution in [2.45, 2.75) is 58.2 Å². The number of benzene rings is 2. The number of allylic oxidation sites excluding steroid dienone is 2. The zero-order valence-corrected chi connectivity index (χ0v) is 19.1. The van der Waals surface area contributed by atoms with Gasteiger partial charge in [-0.2, -0.15) is 0 Å². The van der Waals surface area contributed by atoms with Crippen molar-refractivity contribution in [3.05, 3.63) is 81.5 Å². The minimum Gasteiger partial charge on any atom is -0.371 e. The molecule has 4 unspecified atom stereocenters. The van der Waals surface area contributed by atoms with E-state index in [2.05, 4.69) is 73.3 Å². The topological polar surface area (TPSA) is 53.2 Å². The van der Waals surface area contributed by atoms with Gasteiger partial charge in [-0.15, -0.1) is 0 Å². The molecule has 0 amide bonds. The second-order valence-electron chi connectivity index (χ2n) is 9.92. The van der Waals surface area contributed by atoms with E-state index in [0.29, 0.717) is 11.4 Å². The summed E-state index contributed by atoms with van der Waals surface area (Å²) < 4.78 is 0. The van der Waals surface area contributed by atoms with Gasteiger partial charge in [0.25, 0.3) is 0 Å². The number of hydrogen-bond donors (Lipinski definition) is 3. The summed E-state index contributed by atoms with van der Waals surface area (Å²) >= 11 is 6.20. The predicted octanol–water partition coefficient (Wildman–Crippen LogP) is 5.02. The van der Waals surface area contributed by atoms with E-state index in [1.54, 1.807) is 0 Å². The second-order valence-corrected chi connectivity index (χ2v) is 10.4. The van der Waals surface area contributed by atoms with Crippen LogP contribution in [0.25, 0.3) is 0 Å². The number of aryl methyl sites for hydroxylation is 1. The van der Waals surface area contributed by atoms with Gasteiger partial charge in [0.15, 0.2) is 5.78 Å². The van der Waals surface area contributed by atoms with Gasteiger partial charge in [0.1, 0.15) is 0 Å². The van der Waals surface area contributed by atoms with Crippen molar-refractivity contribution < 1.29 is 4.79 Å². The van der Waals surface area contributed by atoms with E-state index in [1.807, 2.05) is 12.1 Å². The van der Waals surface area contributed by atoms with Gasteiger partial charge in [-0.1, -0.05) is 68.8 Å². The quantitative estimate of drug-likeness (QED) is 0.633. The van der Waals surface area contributed by atoms with Crippen molar-refractivity contribution >= 4 is 17.4 Å². The van der Waals surface area contributed by atoms with Gasteiger partial charge in [0.05, 0.1) is 12.2 Å². The number of hydrazine groups is 1. The molecule has 2 heterocycles. The molecule has 0 bridgehead atoms. The van der Waals surface area contributed by atoms with Crippen LogP contribution in [0, 0.1) is 11.3 Å². The van der Waals surface area contributed by atoms with Crippen LogP contribution >= 0.6 is 11.6 Å². The number of fused-ring (bicyclic) bond motifs is 1. The fourth-order valence-corrected chi connectivity index (χ4v) is 5.74. The molecular weight excluding hydrogens is 406 g/mol. The first kappa shape index (κ1) is 20.7. The van der Waals surface area contributed by atoms with Crippen molar-refractivity contribution in [3.8, 4) is 0 Å². The molecule has 2 aromatic rings. The van der Waals surface area contributed by atoms with Crippen LogP contribution in [-0.4, -0.2) is 11.9 Å². The molecule has 31 heavy (non-hydrogen) atoms. The number of Topliss-reactive ketones (excluding diaryl/α,β-unsaturated/α-hetero) is 1. The van der Waals surface area contributed by atoms with Gasteiger partial charge in [-0.05, 0) is 47.1 Å². The van der Waals surface area contributed by atoms with Crippen LogP contribution < -0.4 is 16.2 Å². The molecule has 5 heteroatoms. The molecule has 4 nitrogen and oxygen atoms in total. The molecule has 2 aromatic carbocycles. The zero-order valence-electron chi connectivity index (χ0n) is 18.3. The van der Waals surface area contributed by atoms with Crippen molar-refractivity contribution in [3.63, 3.8) is 0 Å². The minimum absolute atomic E-state index is 0.0143. The molecule has 0 saturated carbocycles. The lowest BCUT2D eigenvalue weighted by Crippen LogP contribution is -2.51. The van der Waals surface area contributed by atoms with E-state index in [1.165, 1.54) is 11.1 Å². The van der Waals surface area contributed by atoms with E-state index in [-0.39, 0.29) is 35.2 Å². The second kappa shape index (κ2) is 7.77. The minimum atomic E-state index is -0.0261. The normalized spacial score (nSPS) is 29.4. The molecule has 5 rings (SSSR count). The first-order valence-corrected chi connectivity index (χ1v) is 11.6. The summed E-state index contributed by atoms with van der Waals surface area (Å²) in [6.45, 7) is 6.53. The monoisotopic (exact) mass is 435 g/mol. The number of halogens is 1. The summed E-state index contributed by atoms with van der Waals surface area (Å²) in [5.41, 5.74) is 12.8. The van der Waals surface area contributed by atoms with Crippen LogP contribution in [0.15, 0.2) is 59.8 Å². The Morgan fingerprint density at radius 1 is 0.968 bits per heavy atom. The molecule has 1 fully saturated rings. The number of carbonyl (C=O) groups excluding carboxylic acids is 1. The van der Waals surface area contributed by atoms with Crippen molar-refractivity contribution in [2.75, 3.05) is 0 Å². The Hall–Kier alpha value is -2.14. The maximum atomic E-state index is 13.4. The fraction of sp³-hybridized carbons (Fsp3) is 0.423. The lowest BCUT2D eigenvalue weighted by atomic mass is 9.65. The molecule has 0 aromatic heterocycles. The first-order chi connectivity index (χ1) is 14.9. The molecule has 0 radical (unpaired) electrons. The predicted molar refractivity (Wildman–Crippen MR) is 124 cm³/mol. The van der Waals surface area contributed by atoms with Crippen LogP contribution in [0.2, 0.25) is 5.02 Å². The molecule has 1 aliphatic carbocycles. The van der Waals surface area contributed by atoms with E-state index >= 15 is 0 Å². The fourth-order valence-electron chi connectivity index (χ4n) is 5.61. The Kier molecular flexibility index (Phi) is 5.20. The Morgan fingerprint density at radius 2 is 1.65 bits per heavy atom. The van der Waals surface area contributed by atoms with E-state index in [9.17, 15) is 4.79 Å². The highest BCUT2D eigenvalue weighted by atomic mass is 35.5. The highest BCUT2D eigenvalue weighted by Gasteiger charge is 2.51. The number of carbonyl (C=O) groups is 1. The summed E-state index contributed by atoms with van der Waals surface area (Å²) in [6.07, 6.45) is 2.56. The number of hydrogen-bond acceptors (Lipinski definition) is 4. The van der Waals surface area contributed by atoms with Crippen LogP contribution in [0.5, 0.6) is 0 Å². The lowest BCUT2D eigenvalue weighted by Gasteiger charge is -2.44. The number of ketones is 1. The summed E-state index contributed by atoms with van der Waals surface area (Å²) in [4.78, 5) is 13.4. The number of rotatable bonds is 3. The zero-order chi connectivity index (χ0) is 21.8. The Morgan fingerprint density at radius 3 is 2.32 bits per heavy atom. The van der Waals surface area contributed by atoms with Crippen molar-refractivity contribution in [2.24, 2.45) is 11.3 Å². The van der Waals surface area contributed by atoms with E-state index in [4.69, 9.17) is 11.6 Å². The summed E-state index contributed by atoms with van der Waals surface area (Å²) in [5.74, 6) is 0.446. The Balaban J connectivity index is 1.61. The van der Waals surface area contributed by atoms with Crippen LogP contribution in [0.1, 0.15) is 62.3 Å². The molecule has 1 saturated heterocycles. The van der Waals surface area contributed by atoms with Gasteiger partial charge >= 0.3 is 0 Å². The number of nitrogens with one attached hydrogen (secondary N) is 3. The van der Waals surface area contributed by atoms with Crippen LogP contribution in [0.3, 0.4) is 0 Å². The highest BCUT2D eigenvalue weighted by Crippen LogP contribution is 2.51. The molecule has 2 aliphatic heterocycles. The first-order valence-electron chi connectivity index (χ1n) is 11.2. The van der Waals surface area contributed by atoms with Crippen molar-refractivity contribution in [1.29, 1.82) is 0 Å². The van der Waals surface area contributed by atoms with E-state index < -0.39 is 0 Å². The molecule has 3 aliphatic rings. The summed E-state index contributed by atoms with van der Waals surface area (Å²) in [6, 6.07) is 17.0. The average Bonchev–Trinajstić information content (AvgIpc) is 3.15. The van der Waals surface area contributed by atoms with Gasteiger partial charge in [0.2, 0.25) is 0 Å². The smallest absolute Gasteiger partial charge is 0.161 e. The molecule has 4 atom stereocenters. The Labute approximate surface area is 189 Å². The highest BCUT2D eigenvalue weighted by molar-refractivity contribution is 6.30. The SMILES string of the molecule is CCc1ccc(C2NNC3NC4=C(C(=O)CC(C)(C)C4)C(c4ccc(Cl)cc4)C32)cc1. The van der Waals surface area contributed by atoms with Gasteiger partial charge in [0, 0.05) is 34.5 Å². The maximum Gasteiger partial charge on any atom is 0.161 e. The molecule has 3 N–H and O–H groups in total. The third-order valence-corrected chi connectivity index (χ3v) is 7.34.